The van der Waals surface area contributed by atoms with Crippen LogP contribution in [-0.4, -0.2) is 69.7 Å². The number of amides is 3. The van der Waals surface area contributed by atoms with Crippen molar-refractivity contribution in [2.75, 3.05) is 6.54 Å². The molecule has 3 amide bonds. The third kappa shape index (κ3) is 9.99. The van der Waals surface area contributed by atoms with Gasteiger partial charge in [-0.25, -0.2) is 4.79 Å². The minimum Gasteiger partial charge on any atom is -0.508 e. The lowest BCUT2D eigenvalue weighted by atomic mass is 10.0. The van der Waals surface area contributed by atoms with Gasteiger partial charge in [0.1, 0.15) is 23.9 Å². The summed E-state index contributed by atoms with van der Waals surface area (Å²) in [4.78, 5) is 59.8. The van der Waals surface area contributed by atoms with Crippen LogP contribution in [0.1, 0.15) is 32.3 Å². The number of hydrogen-bond donors (Lipinski definition) is 7. The maximum Gasteiger partial charge on any atom is 0.326 e. The van der Waals surface area contributed by atoms with Crippen molar-refractivity contribution in [2.24, 2.45) is 11.7 Å². The van der Waals surface area contributed by atoms with Gasteiger partial charge in [0.2, 0.25) is 17.7 Å². The van der Waals surface area contributed by atoms with Crippen molar-refractivity contribution in [2.45, 2.75) is 51.2 Å². The van der Waals surface area contributed by atoms with Gasteiger partial charge in [-0.05, 0) is 30.0 Å². The van der Waals surface area contributed by atoms with E-state index in [1.807, 2.05) is 0 Å². The second-order valence-electron chi connectivity index (χ2n) is 7.88. The first kappa shape index (κ1) is 27.4. The van der Waals surface area contributed by atoms with E-state index in [2.05, 4.69) is 16.0 Å². The molecule has 33 heavy (non-hydrogen) atoms. The maximum absolute atomic E-state index is 12.8. The summed E-state index contributed by atoms with van der Waals surface area (Å²) in [5.74, 6) is -5.17. The Kier molecular flexibility index (Phi) is 10.8. The van der Waals surface area contributed by atoms with Crippen LogP contribution in [0.2, 0.25) is 0 Å². The number of aromatic hydroxyl groups is 1. The molecule has 12 nitrogen and oxygen atoms in total. The van der Waals surface area contributed by atoms with Gasteiger partial charge in [0.15, 0.2) is 0 Å². The molecule has 0 aromatic heterocycles. The molecule has 0 bridgehead atoms. The summed E-state index contributed by atoms with van der Waals surface area (Å²) < 4.78 is 0. The number of carboxylic acids is 2. The summed E-state index contributed by atoms with van der Waals surface area (Å²) in [6, 6.07) is 1.84. The fourth-order valence-electron chi connectivity index (χ4n) is 2.95. The third-order valence-corrected chi connectivity index (χ3v) is 4.55. The second-order valence-corrected chi connectivity index (χ2v) is 7.88. The zero-order valence-electron chi connectivity index (χ0n) is 18.4. The van der Waals surface area contributed by atoms with Crippen LogP contribution in [0.3, 0.4) is 0 Å². The molecule has 3 unspecified atom stereocenters. The minimum atomic E-state index is -1.46. The van der Waals surface area contributed by atoms with Crippen LogP contribution in [0, 0.1) is 5.92 Å². The molecule has 8 N–H and O–H groups in total. The number of nitrogens with two attached hydrogens (primary N) is 1. The Morgan fingerprint density at radius 2 is 1.42 bits per heavy atom. The average molecular weight is 466 g/mol. The molecule has 0 aliphatic carbocycles. The zero-order valence-corrected chi connectivity index (χ0v) is 18.4. The van der Waals surface area contributed by atoms with E-state index in [1.54, 1.807) is 13.8 Å². The maximum atomic E-state index is 12.8. The lowest BCUT2D eigenvalue weighted by Gasteiger charge is -2.25. The van der Waals surface area contributed by atoms with Gasteiger partial charge >= 0.3 is 11.9 Å². The molecule has 0 spiro atoms. The van der Waals surface area contributed by atoms with Gasteiger partial charge in [-0.2, -0.15) is 0 Å². The highest BCUT2D eigenvalue weighted by Gasteiger charge is 2.31. The van der Waals surface area contributed by atoms with Crippen molar-refractivity contribution in [3.05, 3.63) is 29.8 Å². The lowest BCUT2D eigenvalue weighted by molar-refractivity contribution is -0.143. The van der Waals surface area contributed by atoms with Gasteiger partial charge in [-0.1, -0.05) is 26.0 Å². The molecule has 0 saturated carbocycles. The Morgan fingerprint density at radius 1 is 0.879 bits per heavy atom. The van der Waals surface area contributed by atoms with Gasteiger partial charge in [-0.3, -0.25) is 19.2 Å². The number of phenols is 1. The quantitative estimate of drug-likeness (QED) is 0.189. The molecule has 1 rings (SSSR count). The van der Waals surface area contributed by atoms with Gasteiger partial charge in [0.25, 0.3) is 0 Å². The highest BCUT2D eigenvalue weighted by molar-refractivity contribution is 5.95. The standard InChI is InChI=1S/C21H30N4O8/c1-11(2)7-14(24-20(31)15(9-18(28)29)23-17(27)10-22)19(30)25-16(21(32)33)8-12-3-5-13(26)6-4-12/h3-6,11,14-16,26H,7-10,22H2,1-2H3,(H,23,27)(H,24,31)(H,25,30)(H,28,29)(H,32,33). The highest BCUT2D eigenvalue weighted by atomic mass is 16.4. The second kappa shape index (κ2) is 13.0. The van der Waals surface area contributed by atoms with Crippen molar-refractivity contribution < 1.29 is 39.3 Å². The van der Waals surface area contributed by atoms with Gasteiger partial charge < -0.3 is 37.0 Å². The first-order chi connectivity index (χ1) is 15.4. The first-order valence-electron chi connectivity index (χ1n) is 10.3. The summed E-state index contributed by atoms with van der Waals surface area (Å²) in [6.45, 7) is 3.10. The monoisotopic (exact) mass is 466 g/mol. The normalized spacial score (nSPS) is 13.5. The van der Waals surface area contributed by atoms with E-state index in [-0.39, 0.29) is 24.5 Å². The molecule has 1 aromatic carbocycles. The van der Waals surface area contributed by atoms with E-state index in [4.69, 9.17) is 10.8 Å². The summed E-state index contributed by atoms with van der Waals surface area (Å²) in [5, 5.41) is 34.9. The first-order valence-corrected chi connectivity index (χ1v) is 10.3. The molecule has 0 heterocycles. The Hall–Kier alpha value is -3.67. The van der Waals surface area contributed by atoms with Crippen LogP contribution in [0.5, 0.6) is 5.75 Å². The fourth-order valence-corrected chi connectivity index (χ4v) is 2.95. The number of carboxylic acid groups (broad SMARTS) is 2. The molecule has 0 saturated heterocycles. The summed E-state index contributed by atoms with van der Waals surface area (Å²) in [5.41, 5.74) is 5.75. The van der Waals surface area contributed by atoms with E-state index >= 15 is 0 Å². The van der Waals surface area contributed by atoms with Crippen LogP contribution in [0.4, 0.5) is 0 Å². The van der Waals surface area contributed by atoms with Crippen molar-refractivity contribution in [1.82, 2.24) is 16.0 Å². The molecule has 182 valence electrons. The SMILES string of the molecule is CC(C)CC(NC(=O)C(CC(=O)O)NC(=O)CN)C(=O)NC(Cc1ccc(O)cc1)C(=O)O. The minimum absolute atomic E-state index is 0.00649. The summed E-state index contributed by atoms with van der Waals surface area (Å²) in [7, 11) is 0. The lowest BCUT2D eigenvalue weighted by Crippen LogP contribution is -2.57. The highest BCUT2D eigenvalue weighted by Crippen LogP contribution is 2.12. The predicted molar refractivity (Wildman–Crippen MR) is 116 cm³/mol. The number of phenolic OH excluding ortho intramolecular Hbond substituents is 1. The predicted octanol–water partition coefficient (Wildman–Crippen LogP) is -1.05. The largest absolute Gasteiger partial charge is 0.508 e. The van der Waals surface area contributed by atoms with Crippen LogP contribution in [-0.2, 0) is 30.4 Å². The van der Waals surface area contributed by atoms with E-state index in [0.29, 0.717) is 5.56 Å². The number of benzene rings is 1. The van der Waals surface area contributed by atoms with Gasteiger partial charge in [-0.15, -0.1) is 0 Å². The topological polar surface area (TPSA) is 208 Å². The number of carbonyl (C=O) groups excluding carboxylic acids is 3. The molecule has 0 aliphatic heterocycles. The van der Waals surface area contributed by atoms with Crippen LogP contribution < -0.4 is 21.7 Å². The van der Waals surface area contributed by atoms with Crippen LogP contribution >= 0.6 is 0 Å². The van der Waals surface area contributed by atoms with Crippen molar-refractivity contribution in [3.8, 4) is 5.75 Å². The van der Waals surface area contributed by atoms with E-state index < -0.39 is 60.8 Å². The van der Waals surface area contributed by atoms with Crippen molar-refractivity contribution >= 4 is 29.7 Å². The van der Waals surface area contributed by atoms with Gasteiger partial charge in [0.05, 0.1) is 13.0 Å². The van der Waals surface area contributed by atoms with Gasteiger partial charge in [0, 0.05) is 6.42 Å². The average Bonchev–Trinajstić information content (AvgIpc) is 2.72. The summed E-state index contributed by atoms with van der Waals surface area (Å²) >= 11 is 0. The molecule has 1 aromatic rings. The number of hydrogen-bond acceptors (Lipinski definition) is 7. The molecular weight excluding hydrogens is 436 g/mol. The molecule has 3 atom stereocenters. The number of carbonyl (C=O) groups is 5. The number of rotatable bonds is 13. The third-order valence-electron chi connectivity index (χ3n) is 4.55. The summed E-state index contributed by atoms with van der Waals surface area (Å²) in [6.07, 6.45) is -0.669. The Labute approximate surface area is 190 Å². The Balaban J connectivity index is 2.98. The van der Waals surface area contributed by atoms with E-state index in [1.165, 1.54) is 24.3 Å². The molecular formula is C21H30N4O8. The van der Waals surface area contributed by atoms with Crippen molar-refractivity contribution in [1.29, 1.82) is 0 Å². The van der Waals surface area contributed by atoms with Crippen LogP contribution in [0.25, 0.3) is 0 Å². The van der Waals surface area contributed by atoms with Crippen molar-refractivity contribution in [3.63, 3.8) is 0 Å². The smallest absolute Gasteiger partial charge is 0.326 e. The fraction of sp³-hybridized carbons (Fsp3) is 0.476. The zero-order chi connectivity index (χ0) is 25.1. The molecule has 0 aliphatic rings. The van der Waals surface area contributed by atoms with E-state index in [0.717, 1.165) is 0 Å². The molecule has 0 radical (unpaired) electrons. The Bertz CT molecular complexity index is 856. The van der Waals surface area contributed by atoms with E-state index in [9.17, 15) is 34.2 Å². The van der Waals surface area contributed by atoms with Crippen LogP contribution in [0.15, 0.2) is 24.3 Å². The molecule has 12 heteroatoms. The molecule has 0 fully saturated rings. The number of aliphatic carboxylic acids is 2. The number of nitrogens with one attached hydrogen (secondary N) is 3. The Morgan fingerprint density at radius 3 is 1.91 bits per heavy atom.